The van der Waals surface area contributed by atoms with Crippen LogP contribution in [0.4, 0.5) is 0 Å². The third-order valence-electron chi connectivity index (χ3n) is 4.61. The van der Waals surface area contributed by atoms with Crippen molar-refractivity contribution in [1.29, 1.82) is 0 Å². The highest BCUT2D eigenvalue weighted by molar-refractivity contribution is 5.84. The zero-order chi connectivity index (χ0) is 16.9. The lowest BCUT2D eigenvalue weighted by Crippen LogP contribution is -2.51. The van der Waals surface area contributed by atoms with E-state index >= 15 is 0 Å². The molecule has 0 spiro atoms. The molecule has 4 heteroatoms. The van der Waals surface area contributed by atoms with Gasteiger partial charge >= 0.3 is 0 Å². The van der Waals surface area contributed by atoms with Gasteiger partial charge in [-0.05, 0) is 42.8 Å². The SMILES string of the molecule is CCCN1CCN(C(=O)[C@@H](C)Oc2ccc3ccccc3c2)CC1. The number of hydrogen-bond acceptors (Lipinski definition) is 3. The number of amides is 1. The molecule has 1 aliphatic rings. The Kier molecular flexibility index (Phi) is 5.36. The maximum Gasteiger partial charge on any atom is 0.263 e. The standard InChI is InChI=1S/C20H26N2O2/c1-3-10-21-11-13-22(14-12-21)20(23)16(2)24-19-9-8-17-6-4-5-7-18(17)15-19/h4-9,15-16H,3,10-14H2,1-2H3/t16-/m1/s1. The minimum atomic E-state index is -0.455. The molecule has 3 rings (SSSR count). The molecule has 1 fully saturated rings. The lowest BCUT2D eigenvalue weighted by Gasteiger charge is -2.35. The number of fused-ring (bicyclic) bond motifs is 1. The van der Waals surface area contributed by atoms with Gasteiger partial charge in [-0.2, -0.15) is 0 Å². The molecule has 0 bridgehead atoms. The summed E-state index contributed by atoms with van der Waals surface area (Å²) < 4.78 is 5.91. The molecule has 128 valence electrons. The molecule has 2 aromatic carbocycles. The Balaban J connectivity index is 1.59. The zero-order valence-corrected chi connectivity index (χ0v) is 14.6. The third kappa shape index (κ3) is 3.88. The second kappa shape index (κ2) is 7.67. The number of hydrogen-bond donors (Lipinski definition) is 0. The zero-order valence-electron chi connectivity index (χ0n) is 14.6. The van der Waals surface area contributed by atoms with Gasteiger partial charge in [0, 0.05) is 26.2 Å². The predicted molar refractivity (Wildman–Crippen MR) is 97.3 cm³/mol. The summed E-state index contributed by atoms with van der Waals surface area (Å²) >= 11 is 0. The fourth-order valence-electron chi connectivity index (χ4n) is 3.26. The summed E-state index contributed by atoms with van der Waals surface area (Å²) in [6.07, 6.45) is 0.707. The second-order valence-electron chi connectivity index (χ2n) is 6.44. The van der Waals surface area contributed by atoms with E-state index in [2.05, 4.69) is 24.0 Å². The highest BCUT2D eigenvalue weighted by Gasteiger charge is 2.25. The van der Waals surface area contributed by atoms with Gasteiger partial charge in [0.1, 0.15) is 5.75 Å². The molecule has 0 unspecified atom stereocenters. The third-order valence-corrected chi connectivity index (χ3v) is 4.61. The number of benzene rings is 2. The van der Waals surface area contributed by atoms with Crippen molar-refractivity contribution in [1.82, 2.24) is 9.80 Å². The van der Waals surface area contributed by atoms with Crippen LogP contribution in [-0.2, 0) is 4.79 Å². The van der Waals surface area contributed by atoms with Crippen LogP contribution in [0.1, 0.15) is 20.3 Å². The van der Waals surface area contributed by atoms with E-state index in [1.807, 2.05) is 42.2 Å². The van der Waals surface area contributed by atoms with Gasteiger partial charge < -0.3 is 9.64 Å². The molecular formula is C20H26N2O2. The summed E-state index contributed by atoms with van der Waals surface area (Å²) in [6.45, 7) is 8.66. The average molecular weight is 326 g/mol. The molecule has 1 heterocycles. The number of ether oxygens (including phenoxy) is 1. The Morgan fingerprint density at radius 1 is 1.08 bits per heavy atom. The lowest BCUT2D eigenvalue weighted by atomic mass is 10.1. The van der Waals surface area contributed by atoms with Crippen molar-refractivity contribution in [2.75, 3.05) is 32.7 Å². The predicted octanol–water partition coefficient (Wildman–Crippen LogP) is 3.16. The van der Waals surface area contributed by atoms with Crippen LogP contribution in [0.2, 0.25) is 0 Å². The van der Waals surface area contributed by atoms with E-state index in [0.717, 1.165) is 50.3 Å². The van der Waals surface area contributed by atoms with Crippen molar-refractivity contribution in [2.24, 2.45) is 0 Å². The molecule has 1 atom stereocenters. The summed E-state index contributed by atoms with van der Waals surface area (Å²) in [5.74, 6) is 0.832. The largest absolute Gasteiger partial charge is 0.481 e. The quantitative estimate of drug-likeness (QED) is 0.846. The van der Waals surface area contributed by atoms with E-state index in [-0.39, 0.29) is 5.91 Å². The van der Waals surface area contributed by atoms with Gasteiger partial charge in [-0.15, -0.1) is 0 Å². The molecule has 24 heavy (non-hydrogen) atoms. The van der Waals surface area contributed by atoms with Crippen LogP contribution in [0, 0.1) is 0 Å². The normalized spacial score (nSPS) is 17.0. The average Bonchev–Trinajstić information content (AvgIpc) is 2.62. The molecule has 0 N–H and O–H groups in total. The number of nitrogens with zero attached hydrogens (tertiary/aromatic N) is 2. The fraction of sp³-hybridized carbons (Fsp3) is 0.450. The summed E-state index contributed by atoms with van der Waals surface area (Å²) in [4.78, 5) is 17.0. The van der Waals surface area contributed by atoms with E-state index in [9.17, 15) is 4.79 Å². The molecule has 0 saturated carbocycles. The number of piperazine rings is 1. The maximum absolute atomic E-state index is 12.6. The van der Waals surface area contributed by atoms with Gasteiger partial charge in [0.25, 0.3) is 5.91 Å². The summed E-state index contributed by atoms with van der Waals surface area (Å²) in [7, 11) is 0. The lowest BCUT2D eigenvalue weighted by molar-refractivity contribution is -0.139. The monoisotopic (exact) mass is 326 g/mol. The second-order valence-corrected chi connectivity index (χ2v) is 6.44. The van der Waals surface area contributed by atoms with Crippen molar-refractivity contribution in [3.63, 3.8) is 0 Å². The first kappa shape index (κ1) is 16.8. The van der Waals surface area contributed by atoms with E-state index in [1.54, 1.807) is 0 Å². The maximum atomic E-state index is 12.6. The van der Waals surface area contributed by atoms with E-state index in [1.165, 1.54) is 5.39 Å². The van der Waals surface area contributed by atoms with E-state index < -0.39 is 6.10 Å². The number of carbonyl (C=O) groups excluding carboxylic acids is 1. The Bertz CT molecular complexity index is 693. The minimum absolute atomic E-state index is 0.0827. The number of rotatable bonds is 5. The molecule has 1 aliphatic heterocycles. The highest BCUT2D eigenvalue weighted by atomic mass is 16.5. The van der Waals surface area contributed by atoms with Crippen LogP contribution in [0.5, 0.6) is 5.75 Å². The Morgan fingerprint density at radius 3 is 2.50 bits per heavy atom. The van der Waals surface area contributed by atoms with Crippen LogP contribution >= 0.6 is 0 Å². The van der Waals surface area contributed by atoms with Crippen molar-refractivity contribution < 1.29 is 9.53 Å². The summed E-state index contributed by atoms with van der Waals surface area (Å²) in [5, 5.41) is 2.30. The van der Waals surface area contributed by atoms with Crippen LogP contribution in [0.25, 0.3) is 10.8 Å². The van der Waals surface area contributed by atoms with E-state index in [4.69, 9.17) is 4.74 Å². The van der Waals surface area contributed by atoms with Gasteiger partial charge in [-0.1, -0.05) is 37.3 Å². The van der Waals surface area contributed by atoms with Gasteiger partial charge in [0.05, 0.1) is 0 Å². The molecule has 2 aromatic rings. The van der Waals surface area contributed by atoms with Crippen molar-refractivity contribution in [3.05, 3.63) is 42.5 Å². The molecule has 1 amide bonds. The van der Waals surface area contributed by atoms with Crippen molar-refractivity contribution in [3.8, 4) is 5.75 Å². The van der Waals surface area contributed by atoms with Crippen LogP contribution in [-0.4, -0.2) is 54.5 Å². The molecular weight excluding hydrogens is 300 g/mol. The molecule has 0 aromatic heterocycles. The van der Waals surface area contributed by atoms with Gasteiger partial charge in [-0.3, -0.25) is 9.69 Å². The first-order valence-corrected chi connectivity index (χ1v) is 8.84. The summed E-state index contributed by atoms with van der Waals surface area (Å²) in [5.41, 5.74) is 0. The first-order valence-electron chi connectivity index (χ1n) is 8.84. The Morgan fingerprint density at radius 2 is 1.79 bits per heavy atom. The number of carbonyl (C=O) groups is 1. The fourth-order valence-corrected chi connectivity index (χ4v) is 3.26. The Labute approximate surface area is 144 Å². The van der Waals surface area contributed by atoms with E-state index in [0.29, 0.717) is 0 Å². The molecule has 0 aliphatic carbocycles. The summed E-state index contributed by atoms with van der Waals surface area (Å²) in [6, 6.07) is 14.1. The smallest absolute Gasteiger partial charge is 0.263 e. The Hall–Kier alpha value is -2.07. The van der Waals surface area contributed by atoms with Crippen LogP contribution in [0.15, 0.2) is 42.5 Å². The minimum Gasteiger partial charge on any atom is -0.481 e. The molecule has 4 nitrogen and oxygen atoms in total. The highest BCUT2D eigenvalue weighted by Crippen LogP contribution is 2.22. The van der Waals surface area contributed by atoms with Crippen LogP contribution in [0.3, 0.4) is 0 Å². The van der Waals surface area contributed by atoms with Gasteiger partial charge in [-0.25, -0.2) is 0 Å². The van der Waals surface area contributed by atoms with Crippen LogP contribution < -0.4 is 4.74 Å². The van der Waals surface area contributed by atoms with Crippen molar-refractivity contribution in [2.45, 2.75) is 26.4 Å². The van der Waals surface area contributed by atoms with Crippen molar-refractivity contribution >= 4 is 16.7 Å². The molecule has 1 saturated heterocycles. The van der Waals surface area contributed by atoms with Gasteiger partial charge in [0.15, 0.2) is 6.10 Å². The molecule has 0 radical (unpaired) electrons. The van der Waals surface area contributed by atoms with Gasteiger partial charge in [0.2, 0.25) is 0 Å². The first-order chi connectivity index (χ1) is 11.7. The topological polar surface area (TPSA) is 32.8 Å².